The molecular weight excluding hydrogens is 252 g/mol. The number of nitrogens with zero attached hydrogens (tertiary/aromatic N) is 1. The van der Waals surface area contributed by atoms with Crippen molar-refractivity contribution >= 4 is 5.91 Å². The maximum absolute atomic E-state index is 11.8. The zero-order chi connectivity index (χ0) is 14.4. The molecule has 0 spiro atoms. The lowest BCUT2D eigenvalue weighted by atomic mass is 9.93. The fourth-order valence-electron chi connectivity index (χ4n) is 3.25. The Morgan fingerprint density at radius 3 is 2.60 bits per heavy atom. The van der Waals surface area contributed by atoms with Crippen LogP contribution in [0.4, 0.5) is 0 Å². The molecule has 0 bridgehead atoms. The zero-order valence-corrected chi connectivity index (χ0v) is 13.1. The van der Waals surface area contributed by atoms with Crippen LogP contribution in [0.2, 0.25) is 0 Å². The number of carbonyl (C=O) groups is 1. The van der Waals surface area contributed by atoms with Crippen LogP contribution in [0.1, 0.15) is 46.0 Å². The van der Waals surface area contributed by atoms with Crippen molar-refractivity contribution in [1.82, 2.24) is 10.2 Å². The molecule has 1 unspecified atom stereocenters. The Labute approximate surface area is 123 Å². The van der Waals surface area contributed by atoms with Crippen LogP contribution in [-0.2, 0) is 9.53 Å². The third kappa shape index (κ3) is 5.06. The number of hydrogen-bond donors (Lipinski definition) is 1. The molecule has 20 heavy (non-hydrogen) atoms. The summed E-state index contributed by atoms with van der Waals surface area (Å²) in [5.74, 6) is 1.45. The van der Waals surface area contributed by atoms with E-state index >= 15 is 0 Å². The van der Waals surface area contributed by atoms with Gasteiger partial charge in [-0.25, -0.2) is 0 Å². The molecule has 2 aliphatic rings. The molecule has 2 fully saturated rings. The van der Waals surface area contributed by atoms with Crippen LogP contribution in [0.3, 0.4) is 0 Å². The van der Waals surface area contributed by atoms with Gasteiger partial charge in [0.1, 0.15) is 0 Å². The highest BCUT2D eigenvalue weighted by atomic mass is 16.5. The summed E-state index contributed by atoms with van der Waals surface area (Å²) in [5.41, 5.74) is 0. The normalized spacial score (nSPS) is 25.2. The highest BCUT2D eigenvalue weighted by Crippen LogP contribution is 2.21. The first-order chi connectivity index (χ1) is 9.65. The molecule has 2 rings (SSSR count). The molecule has 0 aromatic carbocycles. The van der Waals surface area contributed by atoms with E-state index in [9.17, 15) is 4.79 Å². The van der Waals surface area contributed by atoms with Crippen LogP contribution < -0.4 is 5.32 Å². The van der Waals surface area contributed by atoms with E-state index < -0.39 is 0 Å². The summed E-state index contributed by atoms with van der Waals surface area (Å²) >= 11 is 0. The summed E-state index contributed by atoms with van der Waals surface area (Å²) in [6.07, 6.45) is 5.39. The first-order valence-electron chi connectivity index (χ1n) is 8.23. The summed E-state index contributed by atoms with van der Waals surface area (Å²) in [6.45, 7) is 9.41. The molecule has 0 aromatic rings. The number of hydrogen-bond acceptors (Lipinski definition) is 3. The van der Waals surface area contributed by atoms with Crippen LogP contribution in [0, 0.1) is 11.8 Å². The SMILES string of the molecule is CC(C)N1CCC(CCNC(=O)CC2CCOC2)CC1. The largest absolute Gasteiger partial charge is 0.381 e. The fraction of sp³-hybridized carbons (Fsp3) is 0.938. The standard InChI is InChI=1S/C16H30N2O2/c1-13(2)18-8-4-14(5-9-18)3-7-17-16(19)11-15-6-10-20-12-15/h13-15H,3-12H2,1-2H3,(H,17,19). The summed E-state index contributed by atoms with van der Waals surface area (Å²) < 4.78 is 5.30. The zero-order valence-electron chi connectivity index (χ0n) is 13.1. The maximum Gasteiger partial charge on any atom is 0.220 e. The Morgan fingerprint density at radius 1 is 1.25 bits per heavy atom. The van der Waals surface area contributed by atoms with Crippen molar-refractivity contribution in [3.05, 3.63) is 0 Å². The first kappa shape index (κ1) is 15.8. The van der Waals surface area contributed by atoms with Gasteiger partial charge in [-0.05, 0) is 64.5 Å². The summed E-state index contributed by atoms with van der Waals surface area (Å²) in [5, 5.41) is 3.08. The van der Waals surface area contributed by atoms with Gasteiger partial charge < -0.3 is 15.0 Å². The topological polar surface area (TPSA) is 41.6 Å². The minimum absolute atomic E-state index is 0.208. The second kappa shape index (κ2) is 7.99. The molecule has 0 saturated carbocycles. The average Bonchev–Trinajstić information content (AvgIpc) is 2.92. The highest BCUT2D eigenvalue weighted by Gasteiger charge is 2.21. The van der Waals surface area contributed by atoms with Crippen molar-refractivity contribution in [2.75, 3.05) is 32.8 Å². The number of ether oxygens (including phenoxy) is 1. The molecule has 0 aromatic heterocycles. The second-order valence-electron chi connectivity index (χ2n) is 6.65. The number of nitrogens with one attached hydrogen (secondary N) is 1. The molecule has 0 aliphatic carbocycles. The number of likely N-dealkylation sites (tertiary alicyclic amines) is 1. The van der Waals surface area contributed by atoms with Crippen LogP contribution in [0.15, 0.2) is 0 Å². The number of piperidine rings is 1. The molecule has 4 nitrogen and oxygen atoms in total. The van der Waals surface area contributed by atoms with Crippen molar-refractivity contribution in [1.29, 1.82) is 0 Å². The first-order valence-corrected chi connectivity index (χ1v) is 8.23. The minimum atomic E-state index is 0.208. The average molecular weight is 282 g/mol. The van der Waals surface area contributed by atoms with E-state index in [1.807, 2.05) is 0 Å². The molecule has 2 saturated heterocycles. The van der Waals surface area contributed by atoms with Gasteiger partial charge in [-0.15, -0.1) is 0 Å². The minimum Gasteiger partial charge on any atom is -0.381 e. The Bertz CT molecular complexity index is 293. The molecular formula is C16H30N2O2. The maximum atomic E-state index is 11.8. The van der Waals surface area contributed by atoms with E-state index in [0.717, 1.165) is 38.5 Å². The number of amides is 1. The van der Waals surface area contributed by atoms with Crippen molar-refractivity contribution < 1.29 is 9.53 Å². The molecule has 4 heteroatoms. The van der Waals surface area contributed by atoms with Gasteiger partial charge in [-0.2, -0.15) is 0 Å². The molecule has 0 radical (unpaired) electrons. The van der Waals surface area contributed by atoms with Gasteiger partial charge in [0, 0.05) is 32.2 Å². The van der Waals surface area contributed by atoms with Crippen molar-refractivity contribution in [2.24, 2.45) is 11.8 Å². The van der Waals surface area contributed by atoms with Crippen LogP contribution in [0.5, 0.6) is 0 Å². The van der Waals surface area contributed by atoms with Crippen LogP contribution >= 0.6 is 0 Å². The van der Waals surface area contributed by atoms with E-state index in [1.165, 1.54) is 25.9 Å². The summed E-state index contributed by atoms with van der Waals surface area (Å²) in [7, 11) is 0. The van der Waals surface area contributed by atoms with Crippen molar-refractivity contribution in [3.8, 4) is 0 Å². The molecule has 2 aliphatic heterocycles. The molecule has 2 heterocycles. The lowest BCUT2D eigenvalue weighted by Gasteiger charge is -2.34. The molecule has 116 valence electrons. The van der Waals surface area contributed by atoms with E-state index in [4.69, 9.17) is 4.74 Å². The summed E-state index contributed by atoms with van der Waals surface area (Å²) in [4.78, 5) is 14.4. The third-order valence-electron chi connectivity index (χ3n) is 4.75. The smallest absolute Gasteiger partial charge is 0.220 e. The molecule has 1 amide bonds. The van der Waals surface area contributed by atoms with E-state index in [0.29, 0.717) is 18.4 Å². The Kier molecular flexibility index (Phi) is 6.30. The van der Waals surface area contributed by atoms with Crippen LogP contribution in [-0.4, -0.2) is 49.7 Å². The predicted molar refractivity (Wildman–Crippen MR) is 80.6 cm³/mol. The summed E-state index contributed by atoms with van der Waals surface area (Å²) in [6, 6.07) is 0.671. The lowest BCUT2D eigenvalue weighted by molar-refractivity contribution is -0.122. The quantitative estimate of drug-likeness (QED) is 0.810. The van der Waals surface area contributed by atoms with Crippen molar-refractivity contribution in [2.45, 2.75) is 52.0 Å². The van der Waals surface area contributed by atoms with Gasteiger partial charge in [-0.3, -0.25) is 4.79 Å². The van der Waals surface area contributed by atoms with Gasteiger partial charge >= 0.3 is 0 Å². The van der Waals surface area contributed by atoms with Crippen molar-refractivity contribution in [3.63, 3.8) is 0 Å². The number of rotatable bonds is 6. The Hall–Kier alpha value is -0.610. The molecule has 1 atom stereocenters. The van der Waals surface area contributed by atoms with Gasteiger partial charge in [0.2, 0.25) is 5.91 Å². The van der Waals surface area contributed by atoms with E-state index in [-0.39, 0.29) is 5.91 Å². The van der Waals surface area contributed by atoms with Gasteiger partial charge in [0.05, 0.1) is 0 Å². The van der Waals surface area contributed by atoms with Gasteiger partial charge in [-0.1, -0.05) is 0 Å². The van der Waals surface area contributed by atoms with Gasteiger partial charge in [0.15, 0.2) is 0 Å². The Balaban J connectivity index is 1.53. The monoisotopic (exact) mass is 282 g/mol. The third-order valence-corrected chi connectivity index (χ3v) is 4.75. The van der Waals surface area contributed by atoms with E-state index in [1.54, 1.807) is 0 Å². The van der Waals surface area contributed by atoms with Crippen LogP contribution in [0.25, 0.3) is 0 Å². The molecule has 1 N–H and O–H groups in total. The highest BCUT2D eigenvalue weighted by molar-refractivity contribution is 5.76. The fourth-order valence-corrected chi connectivity index (χ4v) is 3.25. The predicted octanol–water partition coefficient (Wildman–Crippen LogP) is 2.04. The lowest BCUT2D eigenvalue weighted by Crippen LogP contribution is -2.39. The Morgan fingerprint density at radius 2 is 2.00 bits per heavy atom. The number of carbonyl (C=O) groups excluding carboxylic acids is 1. The van der Waals surface area contributed by atoms with Gasteiger partial charge in [0.25, 0.3) is 0 Å². The van der Waals surface area contributed by atoms with E-state index in [2.05, 4.69) is 24.1 Å². The second-order valence-corrected chi connectivity index (χ2v) is 6.65.